The number of aryl methyl sites for hydroxylation is 1. The largest absolute Gasteiger partial charge is 0.492 e. The predicted molar refractivity (Wildman–Crippen MR) is 75.7 cm³/mol. The molecule has 1 N–H and O–H groups in total. The van der Waals surface area contributed by atoms with Crippen LogP contribution in [0, 0.1) is 6.92 Å². The van der Waals surface area contributed by atoms with E-state index in [4.69, 9.17) is 4.74 Å². The van der Waals surface area contributed by atoms with E-state index in [9.17, 15) is 0 Å². The van der Waals surface area contributed by atoms with Crippen LogP contribution in [0.25, 0.3) is 0 Å². The fourth-order valence-corrected chi connectivity index (χ4v) is 2.13. The molecule has 1 aromatic carbocycles. The second-order valence-corrected chi connectivity index (χ2v) is 4.98. The summed E-state index contributed by atoms with van der Waals surface area (Å²) in [5.41, 5.74) is 1.22. The van der Waals surface area contributed by atoms with Crippen molar-refractivity contribution in [3.63, 3.8) is 0 Å². The van der Waals surface area contributed by atoms with Crippen LogP contribution in [-0.2, 0) is 0 Å². The molecule has 1 saturated carbocycles. The first-order valence-corrected chi connectivity index (χ1v) is 6.79. The SMILES string of the molecule is Cc1cccc(OCCNc2nccn2C2CC2)c1. The summed E-state index contributed by atoms with van der Waals surface area (Å²) in [6, 6.07) is 8.77. The molecule has 0 amide bonds. The molecule has 0 radical (unpaired) electrons. The molecule has 4 heteroatoms. The lowest BCUT2D eigenvalue weighted by molar-refractivity contribution is 0.332. The first-order valence-electron chi connectivity index (χ1n) is 6.79. The van der Waals surface area contributed by atoms with Crippen LogP contribution in [-0.4, -0.2) is 22.7 Å². The standard InChI is InChI=1S/C15H19N3O/c1-12-3-2-4-14(11-12)19-10-8-17-15-16-7-9-18(15)13-5-6-13/h2-4,7,9,11,13H,5-6,8,10H2,1H3,(H,16,17). The highest BCUT2D eigenvalue weighted by atomic mass is 16.5. The number of nitrogens with zero attached hydrogens (tertiary/aromatic N) is 2. The Hall–Kier alpha value is -1.97. The van der Waals surface area contributed by atoms with Gasteiger partial charge in [0.15, 0.2) is 0 Å². The number of aromatic nitrogens is 2. The zero-order valence-electron chi connectivity index (χ0n) is 11.2. The summed E-state index contributed by atoms with van der Waals surface area (Å²) in [5, 5.41) is 3.33. The summed E-state index contributed by atoms with van der Waals surface area (Å²) >= 11 is 0. The van der Waals surface area contributed by atoms with Gasteiger partial charge in [0, 0.05) is 18.4 Å². The Kier molecular flexibility index (Phi) is 3.40. The van der Waals surface area contributed by atoms with E-state index in [2.05, 4.69) is 27.9 Å². The third kappa shape index (κ3) is 3.08. The number of hydrogen-bond acceptors (Lipinski definition) is 3. The Balaban J connectivity index is 1.46. The Morgan fingerprint density at radius 1 is 1.42 bits per heavy atom. The molecule has 0 bridgehead atoms. The Morgan fingerprint density at radius 2 is 2.32 bits per heavy atom. The quantitative estimate of drug-likeness (QED) is 0.808. The smallest absolute Gasteiger partial charge is 0.203 e. The highest BCUT2D eigenvalue weighted by Crippen LogP contribution is 2.36. The van der Waals surface area contributed by atoms with Crippen molar-refractivity contribution in [2.75, 3.05) is 18.5 Å². The van der Waals surface area contributed by atoms with E-state index in [-0.39, 0.29) is 0 Å². The number of benzene rings is 1. The summed E-state index contributed by atoms with van der Waals surface area (Å²) in [6.07, 6.45) is 6.43. The molecular weight excluding hydrogens is 238 g/mol. The fraction of sp³-hybridized carbons (Fsp3) is 0.400. The maximum absolute atomic E-state index is 5.70. The lowest BCUT2D eigenvalue weighted by Gasteiger charge is -2.10. The van der Waals surface area contributed by atoms with Gasteiger partial charge in [-0.15, -0.1) is 0 Å². The molecule has 1 fully saturated rings. The predicted octanol–water partition coefficient (Wildman–Crippen LogP) is 3.02. The van der Waals surface area contributed by atoms with Crippen LogP contribution in [0.15, 0.2) is 36.7 Å². The molecule has 1 heterocycles. The van der Waals surface area contributed by atoms with Crippen LogP contribution in [0.2, 0.25) is 0 Å². The second-order valence-electron chi connectivity index (χ2n) is 4.98. The number of ether oxygens (including phenoxy) is 1. The number of imidazole rings is 1. The first kappa shape index (κ1) is 12.1. The van der Waals surface area contributed by atoms with Crippen molar-refractivity contribution in [1.82, 2.24) is 9.55 Å². The van der Waals surface area contributed by atoms with Gasteiger partial charge in [-0.2, -0.15) is 0 Å². The van der Waals surface area contributed by atoms with E-state index in [1.807, 2.05) is 30.6 Å². The molecule has 1 aliphatic carbocycles. The van der Waals surface area contributed by atoms with Crippen molar-refractivity contribution in [2.45, 2.75) is 25.8 Å². The van der Waals surface area contributed by atoms with Crippen molar-refractivity contribution in [3.05, 3.63) is 42.2 Å². The van der Waals surface area contributed by atoms with E-state index in [0.29, 0.717) is 12.6 Å². The molecule has 4 nitrogen and oxygen atoms in total. The van der Waals surface area contributed by atoms with Gasteiger partial charge in [0.1, 0.15) is 12.4 Å². The fourth-order valence-electron chi connectivity index (χ4n) is 2.13. The summed E-state index contributed by atoms with van der Waals surface area (Å²) in [6.45, 7) is 3.47. The molecule has 0 spiro atoms. The minimum absolute atomic E-state index is 0.640. The van der Waals surface area contributed by atoms with Gasteiger partial charge in [-0.3, -0.25) is 0 Å². The zero-order chi connectivity index (χ0) is 13.1. The van der Waals surface area contributed by atoms with Crippen LogP contribution in [0.1, 0.15) is 24.4 Å². The molecule has 0 saturated heterocycles. The minimum Gasteiger partial charge on any atom is -0.492 e. The van der Waals surface area contributed by atoms with E-state index < -0.39 is 0 Å². The van der Waals surface area contributed by atoms with Crippen molar-refractivity contribution >= 4 is 5.95 Å². The topological polar surface area (TPSA) is 39.1 Å². The molecule has 2 aromatic rings. The lowest BCUT2D eigenvalue weighted by Crippen LogP contribution is -2.14. The maximum atomic E-state index is 5.70. The molecule has 0 unspecified atom stereocenters. The van der Waals surface area contributed by atoms with E-state index in [0.717, 1.165) is 18.2 Å². The Labute approximate surface area is 113 Å². The number of hydrogen-bond donors (Lipinski definition) is 1. The van der Waals surface area contributed by atoms with E-state index >= 15 is 0 Å². The minimum atomic E-state index is 0.640. The van der Waals surface area contributed by atoms with Gasteiger partial charge >= 0.3 is 0 Å². The zero-order valence-corrected chi connectivity index (χ0v) is 11.2. The highest BCUT2D eigenvalue weighted by Gasteiger charge is 2.25. The maximum Gasteiger partial charge on any atom is 0.203 e. The van der Waals surface area contributed by atoms with Crippen molar-refractivity contribution in [2.24, 2.45) is 0 Å². The lowest BCUT2D eigenvalue weighted by atomic mass is 10.2. The second kappa shape index (κ2) is 5.34. The van der Waals surface area contributed by atoms with Crippen molar-refractivity contribution in [1.29, 1.82) is 0 Å². The van der Waals surface area contributed by atoms with Crippen molar-refractivity contribution < 1.29 is 4.74 Å². The van der Waals surface area contributed by atoms with Crippen LogP contribution >= 0.6 is 0 Å². The molecule has 19 heavy (non-hydrogen) atoms. The summed E-state index contributed by atoms with van der Waals surface area (Å²) in [7, 11) is 0. The average molecular weight is 257 g/mol. The molecular formula is C15H19N3O. The van der Waals surface area contributed by atoms with Crippen molar-refractivity contribution in [3.8, 4) is 5.75 Å². The number of nitrogens with one attached hydrogen (secondary N) is 1. The third-order valence-electron chi connectivity index (χ3n) is 3.25. The summed E-state index contributed by atoms with van der Waals surface area (Å²) in [4.78, 5) is 4.33. The van der Waals surface area contributed by atoms with Crippen LogP contribution in [0.4, 0.5) is 5.95 Å². The van der Waals surface area contributed by atoms with E-state index in [1.165, 1.54) is 18.4 Å². The van der Waals surface area contributed by atoms with Gasteiger partial charge in [0.2, 0.25) is 5.95 Å². The van der Waals surface area contributed by atoms with E-state index in [1.54, 1.807) is 0 Å². The van der Waals surface area contributed by atoms with Crippen LogP contribution < -0.4 is 10.1 Å². The highest BCUT2D eigenvalue weighted by molar-refractivity contribution is 5.29. The van der Waals surface area contributed by atoms with Crippen LogP contribution in [0.3, 0.4) is 0 Å². The summed E-state index contributed by atoms with van der Waals surface area (Å²) < 4.78 is 7.92. The first-order chi connectivity index (χ1) is 9.33. The monoisotopic (exact) mass is 257 g/mol. The summed E-state index contributed by atoms with van der Waals surface area (Å²) in [5.74, 6) is 1.88. The van der Waals surface area contributed by atoms with Gasteiger partial charge in [-0.05, 0) is 37.5 Å². The average Bonchev–Trinajstić information content (AvgIpc) is 3.14. The molecule has 1 aliphatic rings. The van der Waals surface area contributed by atoms with Gasteiger partial charge in [0.05, 0.1) is 6.54 Å². The molecule has 100 valence electrons. The Morgan fingerprint density at radius 3 is 3.11 bits per heavy atom. The van der Waals surface area contributed by atoms with Crippen LogP contribution in [0.5, 0.6) is 5.75 Å². The molecule has 1 aromatic heterocycles. The van der Waals surface area contributed by atoms with Gasteiger partial charge in [0.25, 0.3) is 0 Å². The number of anilines is 1. The third-order valence-corrected chi connectivity index (χ3v) is 3.25. The number of rotatable bonds is 6. The van der Waals surface area contributed by atoms with Gasteiger partial charge < -0.3 is 14.6 Å². The molecule has 0 aliphatic heterocycles. The molecule has 0 atom stereocenters. The molecule has 3 rings (SSSR count). The van der Waals surface area contributed by atoms with Gasteiger partial charge in [-0.25, -0.2) is 4.98 Å². The van der Waals surface area contributed by atoms with Gasteiger partial charge in [-0.1, -0.05) is 12.1 Å². The Bertz CT molecular complexity index is 546. The normalized spacial score (nSPS) is 14.4.